The van der Waals surface area contributed by atoms with Gasteiger partial charge in [-0.3, -0.25) is 14.4 Å². The summed E-state index contributed by atoms with van der Waals surface area (Å²) >= 11 is 0. The summed E-state index contributed by atoms with van der Waals surface area (Å²) in [6.07, 6.45) is 7.48. The molecule has 5 nitrogen and oxygen atoms in total. The van der Waals surface area contributed by atoms with Crippen molar-refractivity contribution in [2.24, 2.45) is 40.4 Å². The highest BCUT2D eigenvalue weighted by molar-refractivity contribution is 5.92. The van der Waals surface area contributed by atoms with Crippen LogP contribution in [-0.4, -0.2) is 30.9 Å². The first-order chi connectivity index (χ1) is 13.2. The summed E-state index contributed by atoms with van der Waals surface area (Å²) in [5.74, 6) is 1.32. The molecule has 0 spiro atoms. The van der Waals surface area contributed by atoms with Crippen LogP contribution in [0.25, 0.3) is 0 Å². The summed E-state index contributed by atoms with van der Waals surface area (Å²) in [6, 6.07) is 0. The molecule has 5 heteroatoms. The zero-order chi connectivity index (χ0) is 20.3. The van der Waals surface area contributed by atoms with Gasteiger partial charge in [-0.05, 0) is 74.0 Å². The summed E-state index contributed by atoms with van der Waals surface area (Å²) in [7, 11) is 1.43. The van der Waals surface area contributed by atoms with E-state index < -0.39 is 5.41 Å². The van der Waals surface area contributed by atoms with Crippen LogP contribution in [0.2, 0.25) is 0 Å². The lowest BCUT2D eigenvalue weighted by Crippen LogP contribution is -2.57. The van der Waals surface area contributed by atoms with Crippen LogP contribution >= 0.6 is 0 Å². The Morgan fingerprint density at radius 3 is 2.46 bits per heavy atom. The van der Waals surface area contributed by atoms with Crippen molar-refractivity contribution in [1.82, 2.24) is 0 Å². The zero-order valence-electron chi connectivity index (χ0n) is 17.7. The Labute approximate surface area is 167 Å². The maximum absolute atomic E-state index is 13.4. The van der Waals surface area contributed by atoms with Crippen molar-refractivity contribution in [3.63, 3.8) is 0 Å². The van der Waals surface area contributed by atoms with Gasteiger partial charge in [0.1, 0.15) is 11.9 Å². The van der Waals surface area contributed by atoms with Crippen LogP contribution in [0.5, 0.6) is 0 Å². The summed E-state index contributed by atoms with van der Waals surface area (Å²) < 4.78 is 10.6. The molecule has 4 saturated carbocycles. The van der Waals surface area contributed by atoms with Gasteiger partial charge in [-0.15, -0.1) is 0 Å². The molecule has 0 aromatic heterocycles. The lowest BCUT2D eigenvalue weighted by atomic mass is 9.44. The third kappa shape index (κ3) is 2.75. The molecule has 156 valence electrons. The Bertz CT molecular complexity index is 686. The second-order valence-corrected chi connectivity index (χ2v) is 10.2. The molecule has 0 aromatic rings. The quantitative estimate of drug-likeness (QED) is 0.668. The fourth-order valence-electron chi connectivity index (χ4n) is 7.80. The number of esters is 2. The molecule has 8 atom stereocenters. The first-order valence-corrected chi connectivity index (χ1v) is 11.0. The number of carbonyl (C=O) groups excluding carboxylic acids is 3. The van der Waals surface area contributed by atoms with Gasteiger partial charge in [0.25, 0.3) is 0 Å². The summed E-state index contributed by atoms with van der Waals surface area (Å²) in [6.45, 7) is 5.90. The van der Waals surface area contributed by atoms with Crippen LogP contribution in [0.1, 0.15) is 72.1 Å². The van der Waals surface area contributed by atoms with E-state index in [4.69, 9.17) is 9.47 Å². The van der Waals surface area contributed by atoms with Gasteiger partial charge in [0.05, 0.1) is 13.0 Å². The molecule has 0 saturated heterocycles. The van der Waals surface area contributed by atoms with Crippen LogP contribution in [0.4, 0.5) is 0 Å². The summed E-state index contributed by atoms with van der Waals surface area (Å²) in [5, 5.41) is 0. The van der Waals surface area contributed by atoms with E-state index in [1.54, 1.807) is 0 Å². The number of Topliss-reactive ketones (excluding diaryl/α,β-unsaturated/α-hetero) is 1. The molecule has 28 heavy (non-hydrogen) atoms. The number of hydrogen-bond donors (Lipinski definition) is 0. The largest absolute Gasteiger partial charge is 0.469 e. The SMILES string of the molecule is COC(=O)[C@@H]1CC[C@@H]2[C@@H]3CC[C@@H]4C[C@H](OC(C)=O)CC[C@]4(C)[C@H]3CC(=O)[C@@]21C. The van der Waals surface area contributed by atoms with Gasteiger partial charge in [-0.25, -0.2) is 0 Å². The Morgan fingerprint density at radius 1 is 1.04 bits per heavy atom. The van der Waals surface area contributed by atoms with E-state index in [1.807, 2.05) is 6.92 Å². The topological polar surface area (TPSA) is 69.7 Å². The normalized spacial score (nSPS) is 47.5. The van der Waals surface area contributed by atoms with E-state index in [9.17, 15) is 14.4 Å². The van der Waals surface area contributed by atoms with E-state index in [0.29, 0.717) is 30.1 Å². The van der Waals surface area contributed by atoms with E-state index in [2.05, 4.69) is 6.92 Å². The van der Waals surface area contributed by atoms with Crippen LogP contribution in [0.3, 0.4) is 0 Å². The van der Waals surface area contributed by atoms with E-state index in [1.165, 1.54) is 14.0 Å². The number of carbonyl (C=O) groups is 3. The molecule has 0 bridgehead atoms. The van der Waals surface area contributed by atoms with Crippen LogP contribution in [-0.2, 0) is 23.9 Å². The average molecular weight is 391 g/mol. The molecule has 4 fully saturated rings. The molecule has 4 aliphatic carbocycles. The smallest absolute Gasteiger partial charge is 0.309 e. The summed E-state index contributed by atoms with van der Waals surface area (Å²) in [5.41, 5.74) is -0.410. The Kier molecular flexibility index (Phi) is 4.86. The minimum atomic E-state index is -0.549. The number of fused-ring (bicyclic) bond motifs is 5. The van der Waals surface area contributed by atoms with Crippen molar-refractivity contribution in [3.8, 4) is 0 Å². The maximum atomic E-state index is 13.4. The first kappa shape index (κ1) is 19.9. The van der Waals surface area contributed by atoms with Crippen molar-refractivity contribution < 1.29 is 23.9 Å². The number of hydrogen-bond acceptors (Lipinski definition) is 5. The number of ketones is 1. The van der Waals surface area contributed by atoms with E-state index >= 15 is 0 Å². The zero-order valence-corrected chi connectivity index (χ0v) is 17.7. The van der Waals surface area contributed by atoms with Crippen LogP contribution in [0, 0.1) is 40.4 Å². The van der Waals surface area contributed by atoms with Gasteiger partial charge < -0.3 is 9.47 Å². The molecule has 0 aliphatic heterocycles. The van der Waals surface area contributed by atoms with Gasteiger partial charge in [0.15, 0.2) is 0 Å². The molecule has 0 amide bonds. The molecular weight excluding hydrogens is 356 g/mol. The molecule has 4 rings (SSSR count). The van der Waals surface area contributed by atoms with E-state index in [0.717, 1.165) is 44.9 Å². The van der Waals surface area contributed by atoms with Crippen LogP contribution in [0.15, 0.2) is 0 Å². The highest BCUT2D eigenvalue weighted by Crippen LogP contribution is 2.66. The predicted molar refractivity (Wildman–Crippen MR) is 103 cm³/mol. The number of rotatable bonds is 2. The highest BCUT2D eigenvalue weighted by Gasteiger charge is 2.65. The second-order valence-electron chi connectivity index (χ2n) is 10.2. The third-order valence-corrected chi connectivity index (χ3v) is 9.30. The fourth-order valence-corrected chi connectivity index (χ4v) is 7.80. The second kappa shape index (κ2) is 6.84. The molecular formula is C23H34O5. The molecule has 0 radical (unpaired) electrons. The standard InChI is InChI=1S/C23H34O5/c1-13(24)28-15-9-10-22(2)14(11-15)5-6-16-17-7-8-18(21(26)27-4)23(17,3)20(25)12-19(16)22/h14-19H,5-12H2,1-4H3/t14-,15-,16+,17-,18+,19+,22+,23+/m1/s1. The highest BCUT2D eigenvalue weighted by atomic mass is 16.5. The van der Waals surface area contributed by atoms with Crippen molar-refractivity contribution in [2.45, 2.75) is 78.2 Å². The maximum Gasteiger partial charge on any atom is 0.309 e. The molecule has 0 heterocycles. The van der Waals surface area contributed by atoms with Crippen molar-refractivity contribution in [2.75, 3.05) is 7.11 Å². The van der Waals surface area contributed by atoms with Crippen LogP contribution < -0.4 is 0 Å². The fraction of sp³-hybridized carbons (Fsp3) is 0.870. The number of methoxy groups -OCH3 is 1. The number of ether oxygens (including phenoxy) is 2. The minimum absolute atomic E-state index is 0.0341. The Balaban J connectivity index is 1.58. The van der Waals surface area contributed by atoms with Gasteiger partial charge >= 0.3 is 11.9 Å². The third-order valence-electron chi connectivity index (χ3n) is 9.30. The van der Waals surface area contributed by atoms with Gasteiger partial charge in [0, 0.05) is 18.8 Å². The molecule has 0 unspecified atom stereocenters. The van der Waals surface area contributed by atoms with Gasteiger partial charge in [0.2, 0.25) is 0 Å². The lowest BCUT2D eigenvalue weighted by molar-refractivity contribution is -0.171. The Morgan fingerprint density at radius 2 is 1.79 bits per heavy atom. The molecule has 0 N–H and O–H groups in total. The van der Waals surface area contributed by atoms with Gasteiger partial charge in [-0.2, -0.15) is 0 Å². The monoisotopic (exact) mass is 390 g/mol. The van der Waals surface area contributed by atoms with Crippen molar-refractivity contribution >= 4 is 17.7 Å². The minimum Gasteiger partial charge on any atom is -0.469 e. The molecule has 4 aliphatic rings. The Hall–Kier alpha value is -1.39. The average Bonchev–Trinajstić information content (AvgIpc) is 3.01. The molecule has 0 aromatic carbocycles. The predicted octanol–water partition coefficient (Wildman–Crippen LogP) is 3.93. The van der Waals surface area contributed by atoms with Crippen molar-refractivity contribution in [1.29, 1.82) is 0 Å². The lowest BCUT2D eigenvalue weighted by Gasteiger charge is -2.60. The first-order valence-electron chi connectivity index (χ1n) is 11.0. The van der Waals surface area contributed by atoms with E-state index in [-0.39, 0.29) is 35.2 Å². The van der Waals surface area contributed by atoms with Gasteiger partial charge in [-0.1, -0.05) is 13.8 Å². The van der Waals surface area contributed by atoms with Crippen molar-refractivity contribution in [3.05, 3.63) is 0 Å². The summed E-state index contributed by atoms with van der Waals surface area (Å²) in [4.78, 5) is 37.2.